The summed E-state index contributed by atoms with van der Waals surface area (Å²) in [5.74, 6) is 0. The Balaban J connectivity index is -0.0000000522. The summed E-state index contributed by atoms with van der Waals surface area (Å²) in [6.07, 6.45) is 0. The normalized spacial score (nSPS) is 7.71. The van der Waals surface area contributed by atoms with E-state index in [-0.39, 0.29) is 18.9 Å². The third-order valence-electron chi connectivity index (χ3n) is 0. The van der Waals surface area contributed by atoms with E-state index in [1.165, 1.54) is 0 Å². The van der Waals surface area contributed by atoms with Crippen molar-refractivity contribution >= 4 is 37.2 Å². The van der Waals surface area contributed by atoms with Crippen LogP contribution in [0.5, 0.6) is 0 Å². The van der Waals surface area contributed by atoms with Crippen LogP contribution in [-0.4, -0.2) is 84.3 Å². The van der Waals surface area contributed by atoms with Gasteiger partial charge in [-0.05, 0) is 0 Å². The first-order chi connectivity index (χ1) is 5.46. The average molecular weight is 237 g/mol. The number of quaternary nitrogens is 1. The van der Waals surface area contributed by atoms with Crippen molar-refractivity contribution < 1.29 is 32.6 Å². The predicted molar refractivity (Wildman–Crippen MR) is 50.6 cm³/mol. The molecule has 14 heavy (non-hydrogen) atoms. The van der Waals surface area contributed by atoms with Gasteiger partial charge in [0, 0.05) is 0 Å². The van der Waals surface area contributed by atoms with Gasteiger partial charge in [0.1, 0.15) is 0 Å². The molecular formula is C4H16LiNO6Si2. The molecule has 0 amide bonds. The van der Waals surface area contributed by atoms with E-state index in [9.17, 15) is 0 Å². The van der Waals surface area contributed by atoms with Crippen LogP contribution in [0.4, 0.5) is 0 Å². The molecule has 0 unspecified atom stereocenters. The van der Waals surface area contributed by atoms with Crippen molar-refractivity contribution in [3.05, 3.63) is 0 Å². The van der Waals surface area contributed by atoms with Crippen molar-refractivity contribution in [2.45, 2.75) is 0 Å². The molecule has 0 bridgehead atoms. The van der Waals surface area contributed by atoms with Gasteiger partial charge < -0.3 is 28.1 Å². The van der Waals surface area contributed by atoms with Crippen molar-refractivity contribution in [1.82, 2.24) is 0 Å². The fourth-order valence-electron chi connectivity index (χ4n) is 0. The summed E-state index contributed by atoms with van der Waals surface area (Å²) in [5.41, 5.74) is 0. The Bertz CT molecular complexity index is 134. The Morgan fingerprint density at radius 3 is 1.00 bits per heavy atom. The van der Waals surface area contributed by atoms with E-state index in [2.05, 4.69) is 28.2 Å². The molecule has 0 saturated carbocycles. The first-order valence-corrected chi connectivity index (χ1v) is 5.64. The van der Waals surface area contributed by atoms with E-state index in [1.807, 2.05) is 0 Å². The first-order valence-electron chi connectivity index (χ1n) is 3.07. The van der Waals surface area contributed by atoms with Gasteiger partial charge in [-0.2, -0.15) is 0 Å². The van der Waals surface area contributed by atoms with Gasteiger partial charge in [0.25, 0.3) is 0 Å². The summed E-state index contributed by atoms with van der Waals surface area (Å²) < 4.78 is 18.4. The van der Waals surface area contributed by atoms with Gasteiger partial charge in [-0.3, -0.25) is 4.46 Å². The van der Waals surface area contributed by atoms with Gasteiger partial charge in [0.05, 0.1) is 28.2 Å². The molecule has 82 valence electrons. The summed E-state index contributed by atoms with van der Waals surface area (Å²) in [7, 11) is 1.99. The Morgan fingerprint density at radius 2 is 1.00 bits per heavy atom. The molecule has 0 saturated heterocycles. The molecule has 0 atom stereocenters. The van der Waals surface area contributed by atoms with Crippen molar-refractivity contribution in [1.29, 1.82) is 0 Å². The van der Waals surface area contributed by atoms with Crippen LogP contribution in [0.3, 0.4) is 0 Å². The molecule has 0 aromatic carbocycles. The van der Waals surface area contributed by atoms with Crippen LogP contribution in [0.25, 0.3) is 0 Å². The average Bonchev–Trinajstić information content (AvgIpc) is 1.50. The van der Waals surface area contributed by atoms with Crippen LogP contribution in [0, 0.1) is 0 Å². The van der Waals surface area contributed by atoms with E-state index >= 15 is 0 Å². The van der Waals surface area contributed by atoms with E-state index in [0.29, 0.717) is 0 Å². The molecular weight excluding hydrogens is 221 g/mol. The summed E-state index contributed by atoms with van der Waals surface area (Å²) in [6.45, 7) is 0. The molecule has 0 aliphatic carbocycles. The molecule has 0 aromatic rings. The second kappa shape index (κ2) is 12.8. The van der Waals surface area contributed by atoms with E-state index < -0.39 is 18.3 Å². The third-order valence-corrected chi connectivity index (χ3v) is 0. The second-order valence-corrected chi connectivity index (χ2v) is 4.33. The van der Waals surface area contributed by atoms with Crippen LogP contribution < -0.4 is 4.80 Å². The first kappa shape index (κ1) is 23.5. The monoisotopic (exact) mass is 237 g/mol. The van der Waals surface area contributed by atoms with Crippen molar-refractivity contribution in [3.63, 3.8) is 0 Å². The Labute approximate surface area is 98.2 Å². The SMILES string of the molecule is C[N+](C)(C)C.O=[Si](O)O.O=[Si]([O-])O.[LiH]. The van der Waals surface area contributed by atoms with Crippen LogP contribution in [0.15, 0.2) is 0 Å². The van der Waals surface area contributed by atoms with Gasteiger partial charge in [0.2, 0.25) is 0 Å². The predicted octanol–water partition coefficient (Wildman–Crippen LogP) is -4.19. The van der Waals surface area contributed by atoms with Gasteiger partial charge in [0.15, 0.2) is 0 Å². The molecule has 7 nitrogen and oxygen atoms in total. The third kappa shape index (κ3) is 31500. The van der Waals surface area contributed by atoms with Crippen LogP contribution in [-0.2, 0) is 8.92 Å². The van der Waals surface area contributed by atoms with Gasteiger partial charge in [-0.15, -0.1) is 0 Å². The number of hydrogen-bond donors (Lipinski definition) is 3. The van der Waals surface area contributed by atoms with Gasteiger partial charge in [-0.25, -0.2) is 0 Å². The number of rotatable bonds is 0. The fourth-order valence-corrected chi connectivity index (χ4v) is 0. The molecule has 0 radical (unpaired) electrons. The Morgan fingerprint density at radius 1 is 1.00 bits per heavy atom. The minimum absolute atomic E-state index is 0. The Hall–Kier alpha value is -0.209. The molecule has 10 heteroatoms. The molecule has 0 fully saturated rings. The molecule has 0 aliphatic rings. The summed E-state index contributed by atoms with van der Waals surface area (Å²) in [4.78, 5) is 30.0. The zero-order valence-electron chi connectivity index (χ0n) is 8.01. The van der Waals surface area contributed by atoms with E-state index in [1.54, 1.807) is 0 Å². The van der Waals surface area contributed by atoms with Crippen molar-refractivity contribution in [2.24, 2.45) is 0 Å². The van der Waals surface area contributed by atoms with Crippen LogP contribution in [0.1, 0.15) is 0 Å². The van der Waals surface area contributed by atoms with Crippen LogP contribution >= 0.6 is 0 Å². The Kier molecular flexibility index (Phi) is 21.5. The number of hydrogen-bond acceptors (Lipinski definition) is 3. The van der Waals surface area contributed by atoms with Crippen LogP contribution in [0.2, 0.25) is 0 Å². The quantitative estimate of drug-likeness (QED) is 0.290. The van der Waals surface area contributed by atoms with Gasteiger partial charge in [-0.1, -0.05) is 0 Å². The molecule has 0 heterocycles. The van der Waals surface area contributed by atoms with Crippen molar-refractivity contribution in [3.8, 4) is 0 Å². The number of nitrogens with zero attached hydrogens (tertiary/aromatic N) is 1. The molecule has 0 aromatic heterocycles. The fraction of sp³-hybridized carbons (Fsp3) is 1.00. The zero-order chi connectivity index (χ0) is 11.7. The van der Waals surface area contributed by atoms with E-state index in [0.717, 1.165) is 4.48 Å². The molecule has 3 N–H and O–H groups in total. The maximum atomic E-state index is 8.74. The zero-order valence-corrected chi connectivity index (χ0v) is 10.0. The summed E-state index contributed by atoms with van der Waals surface area (Å²) in [6, 6.07) is 0. The standard InChI is InChI=1S/C4H12N.Li.H2O3Si.HO3Si.H/c1-5(2,3)4;;2*1-4(2)3;/h1-4H3;;1-2H;1H;/q+1;;;-1;. The van der Waals surface area contributed by atoms with Gasteiger partial charge >= 0.3 is 37.2 Å². The molecule has 0 spiro atoms. The van der Waals surface area contributed by atoms with Crippen molar-refractivity contribution in [2.75, 3.05) is 28.2 Å². The van der Waals surface area contributed by atoms with E-state index in [4.69, 9.17) is 28.1 Å². The maximum absolute atomic E-state index is 8.74. The molecule has 0 rings (SSSR count). The molecule has 0 aliphatic heterocycles. The topological polar surface area (TPSA) is 118 Å². The summed E-state index contributed by atoms with van der Waals surface area (Å²) in [5, 5.41) is 0. The minimum atomic E-state index is -3.38. The summed E-state index contributed by atoms with van der Waals surface area (Å²) >= 11 is 0. The second-order valence-electron chi connectivity index (χ2n) is 3.23.